The number of fused-ring (bicyclic) bond motifs is 1. The lowest BCUT2D eigenvalue weighted by Crippen LogP contribution is -2.54. The molecule has 5 amide bonds. The monoisotopic (exact) mass is 807 g/mol. The molecule has 16 heteroatoms. The van der Waals surface area contributed by atoms with E-state index in [4.69, 9.17) is 21.6 Å². The summed E-state index contributed by atoms with van der Waals surface area (Å²) in [5.41, 5.74) is 2.20. The first-order valence-electron chi connectivity index (χ1n) is 20.2. The molecule has 2 N–H and O–H groups in total. The highest BCUT2D eigenvalue weighted by molar-refractivity contribution is 6.31. The lowest BCUT2D eigenvalue weighted by atomic mass is 9.92. The molecule has 1 aromatic heterocycles. The van der Waals surface area contributed by atoms with Gasteiger partial charge < -0.3 is 19.9 Å². The Kier molecular flexibility index (Phi) is 11.6. The molecular weight excluding hydrogens is 762 g/mol. The predicted octanol–water partition coefficient (Wildman–Crippen LogP) is 3.95. The van der Waals surface area contributed by atoms with Crippen molar-refractivity contribution in [2.75, 3.05) is 55.6 Å². The summed E-state index contributed by atoms with van der Waals surface area (Å²) >= 11 is 6.14. The zero-order valence-corrected chi connectivity index (χ0v) is 33.0. The van der Waals surface area contributed by atoms with Crippen LogP contribution in [0.3, 0.4) is 0 Å². The smallest absolute Gasteiger partial charge is 0.272 e. The number of ether oxygens (including phenoxy) is 1. The minimum absolute atomic E-state index is 0.0218. The molecular formula is C42H46ClN9O6. The van der Waals surface area contributed by atoms with E-state index in [2.05, 4.69) is 41.6 Å². The van der Waals surface area contributed by atoms with Gasteiger partial charge in [0.2, 0.25) is 11.8 Å². The number of nitrogens with zero attached hydrogens (tertiary/aromatic N) is 7. The summed E-state index contributed by atoms with van der Waals surface area (Å²) in [6.45, 7) is 6.18. The Labute approximate surface area is 341 Å². The molecule has 3 saturated heterocycles. The van der Waals surface area contributed by atoms with Gasteiger partial charge in [0.25, 0.3) is 17.7 Å². The third-order valence-electron chi connectivity index (χ3n) is 12.2. The number of piperidine rings is 2. The van der Waals surface area contributed by atoms with E-state index < -0.39 is 29.7 Å². The number of amides is 5. The van der Waals surface area contributed by atoms with Crippen molar-refractivity contribution in [1.82, 2.24) is 30.6 Å². The molecule has 302 valence electrons. The number of aromatic nitrogens is 2. The molecule has 1 saturated carbocycles. The summed E-state index contributed by atoms with van der Waals surface area (Å²) in [5, 5.41) is 23.5. The predicted molar refractivity (Wildman–Crippen MR) is 214 cm³/mol. The second kappa shape index (κ2) is 17.1. The van der Waals surface area contributed by atoms with E-state index in [-0.39, 0.29) is 30.9 Å². The van der Waals surface area contributed by atoms with Gasteiger partial charge in [-0.3, -0.25) is 39.1 Å². The molecule has 0 radical (unpaired) electrons. The lowest BCUT2D eigenvalue weighted by Gasteiger charge is -2.38. The van der Waals surface area contributed by atoms with E-state index >= 15 is 0 Å². The van der Waals surface area contributed by atoms with Crippen molar-refractivity contribution in [3.8, 4) is 11.8 Å². The van der Waals surface area contributed by atoms with Gasteiger partial charge >= 0.3 is 0 Å². The Hall–Kier alpha value is -5.59. The molecule has 58 heavy (non-hydrogen) atoms. The number of nitriles is 1. The second-order valence-electron chi connectivity index (χ2n) is 15.8. The van der Waals surface area contributed by atoms with E-state index in [1.54, 1.807) is 36.4 Å². The van der Waals surface area contributed by atoms with Gasteiger partial charge in [-0.25, -0.2) is 0 Å². The average molecular weight is 808 g/mol. The maximum absolute atomic E-state index is 13.3. The van der Waals surface area contributed by atoms with Gasteiger partial charge in [0.15, 0.2) is 11.5 Å². The fourth-order valence-corrected chi connectivity index (χ4v) is 8.97. The van der Waals surface area contributed by atoms with Crippen molar-refractivity contribution in [3.05, 3.63) is 75.9 Å². The first kappa shape index (κ1) is 39.2. The van der Waals surface area contributed by atoms with Gasteiger partial charge in [0.1, 0.15) is 17.9 Å². The fourth-order valence-electron chi connectivity index (χ4n) is 8.75. The van der Waals surface area contributed by atoms with Crippen molar-refractivity contribution in [1.29, 1.82) is 5.26 Å². The maximum atomic E-state index is 13.3. The van der Waals surface area contributed by atoms with Gasteiger partial charge in [0.05, 0.1) is 27.8 Å². The van der Waals surface area contributed by atoms with E-state index in [1.165, 1.54) is 0 Å². The maximum Gasteiger partial charge on any atom is 0.272 e. The number of nitrogens with one attached hydrogen (secondary N) is 2. The molecule has 3 aromatic rings. The minimum Gasteiger partial charge on any atom is -0.490 e. The van der Waals surface area contributed by atoms with E-state index in [0.29, 0.717) is 39.1 Å². The van der Waals surface area contributed by atoms with Crippen molar-refractivity contribution < 1.29 is 28.7 Å². The van der Waals surface area contributed by atoms with Crippen LogP contribution in [0.2, 0.25) is 5.02 Å². The number of benzene rings is 2. The lowest BCUT2D eigenvalue weighted by molar-refractivity contribution is -0.136. The van der Waals surface area contributed by atoms with Gasteiger partial charge in [-0.05, 0) is 106 Å². The Morgan fingerprint density at radius 2 is 1.60 bits per heavy atom. The van der Waals surface area contributed by atoms with E-state index in [1.807, 2.05) is 12.1 Å². The number of imide groups is 2. The van der Waals surface area contributed by atoms with Crippen LogP contribution in [0.15, 0.2) is 48.5 Å². The molecule has 8 rings (SSSR count). The standard InChI is InChI=1S/C42H46ClN9O6/c43-34-24-31(5-1-27(34)25-44)58-30-6-2-28(3-7-30)45-39(54)35-9-11-37(48-47-35)51-17-14-26(15-18-51)13-16-49-19-21-50(22-20-49)29-4-8-32-33(23-29)42(57)52(41(32)56)36-10-12-38(53)46-40(36)55/h1,4-5,8-9,11,23-24,26,28,30,36H,2-3,6-7,10,12-22H2,(H,45,54)(H,46,53,55). The van der Waals surface area contributed by atoms with Crippen molar-refractivity contribution in [2.24, 2.45) is 5.92 Å². The minimum atomic E-state index is -0.973. The van der Waals surface area contributed by atoms with Crippen molar-refractivity contribution in [2.45, 2.75) is 76.0 Å². The van der Waals surface area contributed by atoms with Crippen LogP contribution in [0.1, 0.15) is 94.6 Å². The Balaban J connectivity index is 0.735. The van der Waals surface area contributed by atoms with Gasteiger partial charge in [0, 0.05) is 63.5 Å². The quantitative estimate of drug-likeness (QED) is 0.282. The highest BCUT2D eigenvalue weighted by Gasteiger charge is 2.45. The molecule has 5 heterocycles. The van der Waals surface area contributed by atoms with Crippen LogP contribution in [0, 0.1) is 17.2 Å². The normalized spacial score (nSPS) is 23.0. The third kappa shape index (κ3) is 8.49. The number of anilines is 2. The number of carbonyl (C=O) groups is 5. The Bertz CT molecular complexity index is 2120. The molecule has 4 aliphatic heterocycles. The number of hydrogen-bond acceptors (Lipinski definition) is 12. The van der Waals surface area contributed by atoms with Crippen molar-refractivity contribution in [3.63, 3.8) is 0 Å². The topological polar surface area (TPSA) is 181 Å². The molecule has 4 fully saturated rings. The second-order valence-corrected chi connectivity index (χ2v) is 16.2. The van der Waals surface area contributed by atoms with Crippen LogP contribution in [0.25, 0.3) is 0 Å². The van der Waals surface area contributed by atoms with Crippen LogP contribution < -0.4 is 25.2 Å². The number of rotatable bonds is 10. The van der Waals surface area contributed by atoms with E-state index in [0.717, 1.165) is 107 Å². The molecule has 2 aromatic carbocycles. The molecule has 1 aliphatic carbocycles. The van der Waals surface area contributed by atoms with Crippen LogP contribution in [-0.2, 0) is 9.59 Å². The van der Waals surface area contributed by atoms with Crippen LogP contribution in [0.4, 0.5) is 11.5 Å². The third-order valence-corrected chi connectivity index (χ3v) is 12.5. The summed E-state index contributed by atoms with van der Waals surface area (Å²) in [6.07, 6.45) is 6.65. The zero-order chi connectivity index (χ0) is 40.3. The highest BCUT2D eigenvalue weighted by Crippen LogP contribution is 2.32. The molecule has 1 atom stereocenters. The number of piperazine rings is 1. The Morgan fingerprint density at radius 3 is 2.29 bits per heavy atom. The van der Waals surface area contributed by atoms with Crippen LogP contribution >= 0.6 is 11.6 Å². The molecule has 1 unspecified atom stereocenters. The zero-order valence-electron chi connectivity index (χ0n) is 32.2. The molecule has 5 aliphatic rings. The number of halogens is 1. The fraction of sp³-hybridized carbons (Fsp3) is 0.476. The Morgan fingerprint density at radius 1 is 0.845 bits per heavy atom. The van der Waals surface area contributed by atoms with Crippen LogP contribution in [0.5, 0.6) is 5.75 Å². The average Bonchev–Trinajstić information content (AvgIpc) is 3.49. The summed E-state index contributed by atoms with van der Waals surface area (Å²) in [7, 11) is 0. The summed E-state index contributed by atoms with van der Waals surface area (Å²) in [5.74, 6) is -0.164. The first-order chi connectivity index (χ1) is 28.1. The van der Waals surface area contributed by atoms with Gasteiger partial charge in [-0.1, -0.05) is 11.6 Å². The largest absolute Gasteiger partial charge is 0.490 e. The van der Waals surface area contributed by atoms with E-state index in [9.17, 15) is 24.0 Å². The van der Waals surface area contributed by atoms with Crippen LogP contribution in [-0.4, -0.2) is 114 Å². The first-order valence-corrected chi connectivity index (χ1v) is 20.6. The SMILES string of the molecule is N#Cc1ccc(OC2CCC(NC(=O)c3ccc(N4CCC(CCN5CCN(c6ccc7c(c6)C(=O)N(C6CCC(=O)NC6=O)C7=O)CC5)CC4)nn3)CC2)cc1Cl. The number of hydrogen-bond donors (Lipinski definition) is 2. The van der Waals surface area contributed by atoms with Crippen molar-refractivity contribution >= 4 is 52.6 Å². The molecule has 15 nitrogen and oxygen atoms in total. The molecule has 0 bridgehead atoms. The highest BCUT2D eigenvalue weighted by atomic mass is 35.5. The van der Waals surface area contributed by atoms with Gasteiger partial charge in [-0.15, -0.1) is 10.2 Å². The number of carbonyl (C=O) groups excluding carboxylic acids is 5. The van der Waals surface area contributed by atoms with Gasteiger partial charge in [-0.2, -0.15) is 5.26 Å². The summed E-state index contributed by atoms with van der Waals surface area (Å²) in [6, 6.07) is 15.2. The molecule has 0 spiro atoms. The summed E-state index contributed by atoms with van der Waals surface area (Å²) in [4.78, 5) is 71.4. The summed E-state index contributed by atoms with van der Waals surface area (Å²) < 4.78 is 6.08.